The molecule has 4 nitrogen and oxygen atoms in total. The second-order valence-electron chi connectivity index (χ2n) is 4.20. The number of hydrogen-bond acceptors (Lipinski definition) is 2. The van der Waals surface area contributed by atoms with Gasteiger partial charge < -0.3 is 15.7 Å². The van der Waals surface area contributed by atoms with Crippen LogP contribution in [0.1, 0.15) is 39.5 Å². The van der Waals surface area contributed by atoms with Crippen LogP contribution in [0.5, 0.6) is 0 Å². The monoisotopic (exact) mass is 213 g/mol. The molecule has 0 bridgehead atoms. The number of hydrogen-bond donors (Lipinski definition) is 3. The lowest BCUT2D eigenvalue weighted by Crippen LogP contribution is -2.43. The van der Waals surface area contributed by atoms with Gasteiger partial charge in [-0.15, -0.1) is 0 Å². The van der Waals surface area contributed by atoms with Crippen molar-refractivity contribution in [3.8, 4) is 0 Å². The highest BCUT2D eigenvalue weighted by Gasteiger charge is 2.33. The molecule has 0 atom stereocenters. The molecule has 1 rings (SSSR count). The largest absolute Gasteiger partial charge is 0.388 e. The fourth-order valence-electron chi connectivity index (χ4n) is 1.55. The van der Waals surface area contributed by atoms with Gasteiger partial charge in [-0.1, -0.05) is 6.92 Å². The number of rotatable bonds is 5. The van der Waals surface area contributed by atoms with Gasteiger partial charge in [0.05, 0.1) is 12.1 Å². The third-order valence-corrected chi connectivity index (χ3v) is 2.70. The minimum absolute atomic E-state index is 0.519. The second kappa shape index (κ2) is 5.95. The third kappa shape index (κ3) is 4.08. The van der Waals surface area contributed by atoms with Crippen molar-refractivity contribution in [3.05, 3.63) is 0 Å². The highest BCUT2D eigenvalue weighted by molar-refractivity contribution is 5.79. The molecule has 1 fully saturated rings. The van der Waals surface area contributed by atoms with Gasteiger partial charge in [0, 0.05) is 13.1 Å². The van der Waals surface area contributed by atoms with E-state index in [0.29, 0.717) is 6.54 Å². The number of aliphatic hydroxyl groups is 1. The molecular formula is C11H23N3O. The van der Waals surface area contributed by atoms with E-state index in [-0.39, 0.29) is 0 Å². The van der Waals surface area contributed by atoms with E-state index < -0.39 is 5.60 Å². The van der Waals surface area contributed by atoms with Crippen molar-refractivity contribution in [1.82, 2.24) is 10.6 Å². The van der Waals surface area contributed by atoms with E-state index in [1.807, 2.05) is 6.92 Å². The van der Waals surface area contributed by atoms with Gasteiger partial charge in [0.15, 0.2) is 5.96 Å². The first-order valence-electron chi connectivity index (χ1n) is 5.95. The third-order valence-electron chi connectivity index (χ3n) is 2.70. The summed E-state index contributed by atoms with van der Waals surface area (Å²) in [6, 6.07) is 0. The first-order chi connectivity index (χ1) is 7.20. The van der Waals surface area contributed by atoms with Gasteiger partial charge in [-0.3, -0.25) is 4.99 Å². The van der Waals surface area contributed by atoms with E-state index >= 15 is 0 Å². The molecule has 0 unspecified atom stereocenters. The van der Waals surface area contributed by atoms with Crippen LogP contribution in [-0.2, 0) is 0 Å². The Morgan fingerprint density at radius 3 is 2.53 bits per heavy atom. The molecule has 0 heterocycles. The zero-order chi connectivity index (χ0) is 11.1. The highest BCUT2D eigenvalue weighted by atomic mass is 16.3. The first-order valence-corrected chi connectivity index (χ1v) is 5.95. The van der Waals surface area contributed by atoms with Gasteiger partial charge >= 0.3 is 0 Å². The average molecular weight is 213 g/mol. The molecule has 0 aromatic rings. The molecule has 0 aromatic carbocycles. The molecule has 0 radical (unpaired) electrons. The van der Waals surface area contributed by atoms with Crippen molar-refractivity contribution in [3.63, 3.8) is 0 Å². The van der Waals surface area contributed by atoms with Crippen molar-refractivity contribution in [2.75, 3.05) is 19.6 Å². The maximum atomic E-state index is 9.89. The Bertz CT molecular complexity index is 212. The Labute approximate surface area is 92.2 Å². The normalized spacial score (nSPS) is 19.5. The van der Waals surface area contributed by atoms with Crippen molar-refractivity contribution >= 4 is 5.96 Å². The van der Waals surface area contributed by atoms with E-state index in [9.17, 15) is 5.11 Å². The summed E-state index contributed by atoms with van der Waals surface area (Å²) in [6.45, 7) is 6.46. The second-order valence-corrected chi connectivity index (χ2v) is 4.20. The van der Waals surface area contributed by atoms with Gasteiger partial charge in [0.25, 0.3) is 0 Å². The maximum absolute atomic E-state index is 9.89. The lowest BCUT2D eigenvalue weighted by molar-refractivity contribution is -0.0236. The first kappa shape index (κ1) is 12.3. The summed E-state index contributed by atoms with van der Waals surface area (Å²) in [5.41, 5.74) is -0.519. The fourth-order valence-corrected chi connectivity index (χ4v) is 1.55. The molecule has 0 amide bonds. The van der Waals surface area contributed by atoms with Gasteiger partial charge in [-0.2, -0.15) is 0 Å². The molecular weight excluding hydrogens is 190 g/mol. The predicted octanol–water partition coefficient (Wildman–Crippen LogP) is 0.866. The lowest BCUT2D eigenvalue weighted by Gasteiger charge is -2.35. The van der Waals surface area contributed by atoms with Gasteiger partial charge in [0.1, 0.15) is 0 Å². The van der Waals surface area contributed by atoms with E-state index in [0.717, 1.165) is 44.7 Å². The predicted molar refractivity (Wildman–Crippen MR) is 63.1 cm³/mol. The average Bonchev–Trinajstić information content (AvgIpc) is 2.19. The lowest BCUT2D eigenvalue weighted by atomic mass is 9.80. The van der Waals surface area contributed by atoms with Gasteiger partial charge in [-0.05, 0) is 32.6 Å². The van der Waals surface area contributed by atoms with Gasteiger partial charge in [-0.25, -0.2) is 0 Å². The van der Waals surface area contributed by atoms with Crippen LogP contribution in [0.25, 0.3) is 0 Å². The van der Waals surface area contributed by atoms with Crippen LogP contribution in [0, 0.1) is 0 Å². The van der Waals surface area contributed by atoms with Crippen molar-refractivity contribution < 1.29 is 5.11 Å². The molecule has 0 aromatic heterocycles. The van der Waals surface area contributed by atoms with Gasteiger partial charge in [0.2, 0.25) is 0 Å². The summed E-state index contributed by atoms with van der Waals surface area (Å²) in [4.78, 5) is 4.39. The molecule has 1 saturated carbocycles. The molecule has 15 heavy (non-hydrogen) atoms. The molecule has 0 spiro atoms. The number of guanidine groups is 1. The maximum Gasteiger partial charge on any atom is 0.191 e. The molecule has 1 aliphatic rings. The van der Waals surface area contributed by atoms with Crippen molar-refractivity contribution in [2.24, 2.45) is 4.99 Å². The summed E-state index contributed by atoms with van der Waals surface area (Å²) in [5.74, 6) is 0.819. The van der Waals surface area contributed by atoms with Crippen molar-refractivity contribution in [2.45, 2.75) is 45.1 Å². The summed E-state index contributed by atoms with van der Waals surface area (Å²) in [6.07, 6.45) is 3.99. The van der Waals surface area contributed by atoms with E-state index in [4.69, 9.17) is 0 Å². The van der Waals surface area contributed by atoms with E-state index in [1.165, 1.54) is 0 Å². The molecule has 4 heteroatoms. The Hall–Kier alpha value is -0.770. The number of nitrogens with one attached hydrogen (secondary N) is 2. The molecule has 88 valence electrons. The van der Waals surface area contributed by atoms with Crippen LogP contribution in [-0.4, -0.2) is 36.3 Å². The summed E-state index contributed by atoms with van der Waals surface area (Å²) in [7, 11) is 0. The SMILES string of the molecule is CCCNC(=NCC1(O)CCC1)NCC. The summed E-state index contributed by atoms with van der Waals surface area (Å²) >= 11 is 0. The molecule has 0 aliphatic heterocycles. The minimum atomic E-state index is -0.519. The van der Waals surface area contributed by atoms with Crippen LogP contribution in [0.15, 0.2) is 4.99 Å². The highest BCUT2D eigenvalue weighted by Crippen LogP contribution is 2.31. The van der Waals surface area contributed by atoms with Crippen LogP contribution >= 0.6 is 0 Å². The topological polar surface area (TPSA) is 56.7 Å². The Kier molecular flexibility index (Phi) is 4.88. The molecule has 3 N–H and O–H groups in total. The molecule has 0 saturated heterocycles. The van der Waals surface area contributed by atoms with Crippen molar-refractivity contribution in [1.29, 1.82) is 0 Å². The van der Waals surface area contributed by atoms with Crippen LogP contribution in [0.2, 0.25) is 0 Å². The Morgan fingerprint density at radius 2 is 2.07 bits per heavy atom. The summed E-state index contributed by atoms with van der Waals surface area (Å²) in [5, 5.41) is 16.3. The standard InChI is InChI=1S/C11H23N3O/c1-3-8-13-10(12-4-2)14-9-11(15)6-5-7-11/h15H,3-9H2,1-2H3,(H2,12,13,14). The minimum Gasteiger partial charge on any atom is -0.388 e. The Balaban J connectivity index is 2.35. The smallest absolute Gasteiger partial charge is 0.191 e. The fraction of sp³-hybridized carbons (Fsp3) is 0.909. The quantitative estimate of drug-likeness (QED) is 0.469. The van der Waals surface area contributed by atoms with E-state index in [1.54, 1.807) is 0 Å². The Morgan fingerprint density at radius 1 is 1.33 bits per heavy atom. The van der Waals surface area contributed by atoms with Crippen LogP contribution in [0.3, 0.4) is 0 Å². The number of aliphatic imine (C=N–C) groups is 1. The van der Waals surface area contributed by atoms with Crippen LogP contribution in [0.4, 0.5) is 0 Å². The number of nitrogens with zero attached hydrogens (tertiary/aromatic N) is 1. The van der Waals surface area contributed by atoms with E-state index in [2.05, 4.69) is 22.5 Å². The zero-order valence-electron chi connectivity index (χ0n) is 9.84. The zero-order valence-corrected chi connectivity index (χ0v) is 9.84. The molecule has 1 aliphatic carbocycles. The van der Waals surface area contributed by atoms with Crippen LogP contribution < -0.4 is 10.6 Å². The summed E-state index contributed by atoms with van der Waals surface area (Å²) < 4.78 is 0.